The van der Waals surface area contributed by atoms with Gasteiger partial charge in [-0.3, -0.25) is 4.79 Å². The number of rotatable bonds is 10. The first-order valence-corrected chi connectivity index (χ1v) is 10.2. The maximum atomic E-state index is 12.8. The summed E-state index contributed by atoms with van der Waals surface area (Å²) in [6, 6.07) is 12.0. The predicted octanol–water partition coefficient (Wildman–Crippen LogP) is 4.02. The molecule has 0 aliphatic heterocycles. The van der Waals surface area contributed by atoms with Crippen molar-refractivity contribution in [2.45, 2.75) is 25.7 Å². The molecule has 1 aliphatic rings. The van der Waals surface area contributed by atoms with Crippen LogP contribution < -0.4 is 14.2 Å². The molecule has 0 fully saturated rings. The molecule has 2 aromatic rings. The smallest absolute Gasteiger partial charge is 0.166 e. The maximum absolute atomic E-state index is 12.8. The van der Waals surface area contributed by atoms with Gasteiger partial charge in [0.2, 0.25) is 0 Å². The van der Waals surface area contributed by atoms with Crippen molar-refractivity contribution >= 4 is 5.78 Å². The summed E-state index contributed by atoms with van der Waals surface area (Å²) in [5.74, 6) is 2.51. The zero-order valence-electron chi connectivity index (χ0n) is 17.9. The molecule has 0 heterocycles. The highest BCUT2D eigenvalue weighted by Gasteiger charge is 2.31. The Kier molecular flexibility index (Phi) is 7.15. The van der Waals surface area contributed by atoms with E-state index in [2.05, 4.69) is 24.1 Å². The fourth-order valence-corrected chi connectivity index (χ4v) is 3.96. The monoisotopic (exact) mass is 397 g/mol. The zero-order valence-corrected chi connectivity index (χ0v) is 17.9. The van der Waals surface area contributed by atoms with Gasteiger partial charge in [-0.25, -0.2) is 0 Å². The van der Waals surface area contributed by atoms with Crippen molar-refractivity contribution in [3.8, 4) is 17.2 Å². The Morgan fingerprint density at radius 1 is 0.966 bits per heavy atom. The van der Waals surface area contributed by atoms with Crippen LogP contribution >= 0.6 is 0 Å². The summed E-state index contributed by atoms with van der Waals surface area (Å²) in [6.07, 6.45) is 3.72. The molecule has 156 valence electrons. The molecule has 0 aromatic heterocycles. The Morgan fingerprint density at radius 3 is 2.31 bits per heavy atom. The zero-order chi connectivity index (χ0) is 20.8. The second-order valence-corrected chi connectivity index (χ2v) is 7.67. The van der Waals surface area contributed by atoms with Crippen molar-refractivity contribution < 1.29 is 19.0 Å². The molecule has 5 heteroatoms. The van der Waals surface area contributed by atoms with Gasteiger partial charge in [-0.05, 0) is 74.7 Å². The number of fused-ring (bicyclic) bond motifs is 1. The van der Waals surface area contributed by atoms with Crippen LogP contribution in [0.4, 0.5) is 0 Å². The Balaban J connectivity index is 1.45. The second kappa shape index (κ2) is 9.79. The molecular weight excluding hydrogens is 366 g/mol. The number of Topliss-reactive ketones (excluding diaryl/α,β-unsaturated/α-hetero) is 1. The van der Waals surface area contributed by atoms with Gasteiger partial charge < -0.3 is 19.1 Å². The number of carbonyl (C=O) groups excluding carboxylic acids is 1. The summed E-state index contributed by atoms with van der Waals surface area (Å²) >= 11 is 0. The third-order valence-electron chi connectivity index (χ3n) is 5.75. The topological polar surface area (TPSA) is 48.0 Å². The average molecular weight is 398 g/mol. The first-order chi connectivity index (χ1) is 14.0. The first kappa shape index (κ1) is 21.2. The van der Waals surface area contributed by atoms with Crippen molar-refractivity contribution in [3.63, 3.8) is 0 Å². The van der Waals surface area contributed by atoms with Crippen molar-refractivity contribution in [2.24, 2.45) is 5.92 Å². The quantitative estimate of drug-likeness (QED) is 0.606. The van der Waals surface area contributed by atoms with E-state index in [1.165, 1.54) is 5.56 Å². The minimum Gasteiger partial charge on any atom is -0.497 e. The molecule has 5 nitrogen and oxygen atoms in total. The molecule has 1 atom stereocenters. The van der Waals surface area contributed by atoms with Crippen LogP contribution in [-0.4, -0.2) is 52.1 Å². The number of hydrogen-bond donors (Lipinski definition) is 0. The number of benzene rings is 2. The lowest BCUT2D eigenvalue weighted by Gasteiger charge is -2.17. The van der Waals surface area contributed by atoms with Gasteiger partial charge in [-0.1, -0.05) is 12.1 Å². The predicted molar refractivity (Wildman–Crippen MR) is 114 cm³/mol. The molecule has 0 bridgehead atoms. The molecule has 29 heavy (non-hydrogen) atoms. The number of methoxy groups -OCH3 is 3. The SMILES string of the molecule is COc1ccc(CCN(C)CCCC2Cc3cc(OC)c(OC)cc3C2=O)cc1. The Bertz CT molecular complexity index is 832. The summed E-state index contributed by atoms with van der Waals surface area (Å²) in [5.41, 5.74) is 3.17. The molecular formula is C24H31NO4. The molecule has 0 spiro atoms. The van der Waals surface area contributed by atoms with Crippen LogP contribution in [0.2, 0.25) is 0 Å². The van der Waals surface area contributed by atoms with Crippen LogP contribution in [0.1, 0.15) is 34.3 Å². The largest absolute Gasteiger partial charge is 0.497 e. The first-order valence-electron chi connectivity index (χ1n) is 10.2. The minimum absolute atomic E-state index is 0.0665. The number of ether oxygens (including phenoxy) is 3. The number of hydrogen-bond acceptors (Lipinski definition) is 5. The molecule has 1 unspecified atom stereocenters. The molecule has 1 aliphatic carbocycles. The van der Waals surface area contributed by atoms with E-state index in [0.717, 1.165) is 55.6 Å². The van der Waals surface area contributed by atoms with Gasteiger partial charge in [0.25, 0.3) is 0 Å². The summed E-state index contributed by atoms with van der Waals surface area (Å²) in [5, 5.41) is 0. The Labute approximate surface area is 173 Å². The van der Waals surface area contributed by atoms with E-state index in [9.17, 15) is 4.79 Å². The number of nitrogens with zero attached hydrogens (tertiary/aromatic N) is 1. The van der Waals surface area contributed by atoms with Gasteiger partial charge >= 0.3 is 0 Å². The van der Waals surface area contributed by atoms with Gasteiger partial charge in [-0.15, -0.1) is 0 Å². The van der Waals surface area contributed by atoms with Crippen LogP contribution in [0, 0.1) is 5.92 Å². The highest BCUT2D eigenvalue weighted by atomic mass is 16.5. The fourth-order valence-electron chi connectivity index (χ4n) is 3.96. The van der Waals surface area contributed by atoms with Crippen LogP contribution in [0.5, 0.6) is 17.2 Å². The second-order valence-electron chi connectivity index (χ2n) is 7.67. The van der Waals surface area contributed by atoms with E-state index >= 15 is 0 Å². The fraction of sp³-hybridized carbons (Fsp3) is 0.458. The van der Waals surface area contributed by atoms with E-state index in [4.69, 9.17) is 14.2 Å². The minimum atomic E-state index is 0.0665. The van der Waals surface area contributed by atoms with E-state index in [0.29, 0.717) is 11.5 Å². The summed E-state index contributed by atoms with van der Waals surface area (Å²) in [4.78, 5) is 15.1. The molecule has 0 radical (unpaired) electrons. The van der Waals surface area contributed by atoms with Crippen molar-refractivity contribution in [3.05, 3.63) is 53.1 Å². The number of carbonyl (C=O) groups is 1. The van der Waals surface area contributed by atoms with Gasteiger partial charge in [0.05, 0.1) is 21.3 Å². The molecule has 2 aromatic carbocycles. The van der Waals surface area contributed by atoms with E-state index in [-0.39, 0.29) is 11.7 Å². The van der Waals surface area contributed by atoms with Crippen LogP contribution in [0.3, 0.4) is 0 Å². The molecule has 0 saturated heterocycles. The Hall–Kier alpha value is -2.53. The van der Waals surface area contributed by atoms with E-state index < -0.39 is 0 Å². The average Bonchev–Trinajstić information content (AvgIpc) is 3.06. The lowest BCUT2D eigenvalue weighted by Crippen LogP contribution is -2.23. The van der Waals surface area contributed by atoms with Gasteiger partial charge in [0, 0.05) is 18.0 Å². The van der Waals surface area contributed by atoms with Crippen LogP contribution in [0.25, 0.3) is 0 Å². The highest BCUT2D eigenvalue weighted by Crippen LogP contribution is 2.37. The van der Waals surface area contributed by atoms with Crippen molar-refractivity contribution in [2.75, 3.05) is 41.5 Å². The Morgan fingerprint density at radius 2 is 1.66 bits per heavy atom. The highest BCUT2D eigenvalue weighted by molar-refractivity contribution is 6.02. The number of likely N-dealkylation sites (N-methyl/N-ethyl adjacent to an activating group) is 1. The lowest BCUT2D eigenvalue weighted by atomic mass is 9.99. The summed E-state index contributed by atoms with van der Waals surface area (Å²) < 4.78 is 15.9. The maximum Gasteiger partial charge on any atom is 0.166 e. The van der Waals surface area contributed by atoms with Crippen LogP contribution in [0.15, 0.2) is 36.4 Å². The van der Waals surface area contributed by atoms with Crippen molar-refractivity contribution in [1.29, 1.82) is 0 Å². The summed E-state index contributed by atoms with van der Waals surface area (Å²) in [7, 11) is 7.05. The standard InChI is InChI=1S/C24H31NO4/c1-25(13-11-17-7-9-20(27-2)10-8-17)12-5-6-18-14-19-15-22(28-3)23(29-4)16-21(19)24(18)26/h7-10,15-16,18H,5-6,11-14H2,1-4H3. The van der Waals surface area contributed by atoms with Crippen LogP contribution in [-0.2, 0) is 12.8 Å². The lowest BCUT2D eigenvalue weighted by molar-refractivity contribution is 0.0927. The molecule has 0 N–H and O–H groups in total. The molecule has 3 rings (SSSR count). The number of ketones is 1. The van der Waals surface area contributed by atoms with E-state index in [1.54, 1.807) is 21.3 Å². The van der Waals surface area contributed by atoms with Crippen molar-refractivity contribution in [1.82, 2.24) is 4.90 Å². The van der Waals surface area contributed by atoms with E-state index in [1.807, 2.05) is 24.3 Å². The van der Waals surface area contributed by atoms with Gasteiger partial charge in [0.1, 0.15) is 5.75 Å². The molecule has 0 amide bonds. The summed E-state index contributed by atoms with van der Waals surface area (Å²) in [6.45, 7) is 1.99. The normalized spacial score (nSPS) is 15.5. The third-order valence-corrected chi connectivity index (χ3v) is 5.75. The molecule has 0 saturated carbocycles. The van der Waals surface area contributed by atoms with Gasteiger partial charge in [0.15, 0.2) is 17.3 Å². The van der Waals surface area contributed by atoms with Gasteiger partial charge in [-0.2, -0.15) is 0 Å². The third kappa shape index (κ3) is 5.10.